The van der Waals surface area contributed by atoms with E-state index >= 15 is 0 Å². The van der Waals surface area contributed by atoms with Crippen LogP contribution in [0.5, 0.6) is 0 Å². The van der Waals surface area contributed by atoms with Crippen molar-refractivity contribution in [2.45, 2.75) is 13.8 Å². The summed E-state index contributed by atoms with van der Waals surface area (Å²) in [6.45, 7) is 8.18. The van der Waals surface area contributed by atoms with Gasteiger partial charge in [-0.25, -0.2) is 0 Å². The number of hydrogen-bond donors (Lipinski definition) is 0. The number of nitrogens with zero attached hydrogens (tertiary/aromatic N) is 2. The Labute approximate surface area is 125 Å². The van der Waals surface area contributed by atoms with E-state index in [-0.39, 0.29) is 0 Å². The van der Waals surface area contributed by atoms with Crippen LogP contribution in [0.4, 0.5) is 0 Å². The Kier molecular flexibility index (Phi) is 3.44. The lowest BCUT2D eigenvalue weighted by molar-refractivity contribution is -0.427. The molecule has 0 spiro atoms. The molecule has 1 aliphatic heterocycles. The lowest BCUT2D eigenvalue weighted by Crippen LogP contribution is -2.16. The van der Waals surface area contributed by atoms with Crippen LogP contribution in [0.15, 0.2) is 65.3 Å². The zero-order valence-corrected chi connectivity index (χ0v) is 12.4. The van der Waals surface area contributed by atoms with Gasteiger partial charge in [-0.05, 0) is 29.2 Å². The molecule has 0 saturated carbocycles. The van der Waals surface area contributed by atoms with Crippen molar-refractivity contribution in [3.8, 4) is 11.1 Å². The molecule has 0 amide bonds. The molecule has 0 atom stereocenters. The Morgan fingerprint density at radius 3 is 2.48 bits per heavy atom. The van der Waals surface area contributed by atoms with Crippen molar-refractivity contribution in [3.63, 3.8) is 0 Å². The van der Waals surface area contributed by atoms with E-state index in [4.69, 9.17) is 0 Å². The van der Waals surface area contributed by atoms with E-state index in [1.54, 1.807) is 0 Å². The third-order valence-corrected chi connectivity index (χ3v) is 3.61. The molecular weight excluding hydrogens is 256 g/mol. The second-order valence-corrected chi connectivity index (χ2v) is 5.32. The topological polar surface area (TPSA) is 15.4 Å². The fourth-order valence-electron chi connectivity index (χ4n) is 2.47. The van der Waals surface area contributed by atoms with Gasteiger partial charge >= 0.3 is 0 Å². The third kappa shape index (κ3) is 2.65. The van der Waals surface area contributed by atoms with Crippen molar-refractivity contribution < 1.29 is 4.58 Å². The zero-order chi connectivity index (χ0) is 14.8. The molecule has 2 nitrogen and oxygen atoms in total. The van der Waals surface area contributed by atoms with E-state index in [2.05, 4.69) is 61.1 Å². The van der Waals surface area contributed by atoms with Crippen molar-refractivity contribution >= 4 is 12.9 Å². The third-order valence-electron chi connectivity index (χ3n) is 3.61. The number of aryl methyl sites for hydroxylation is 1. The molecule has 2 aromatic rings. The lowest BCUT2D eigenvalue weighted by atomic mass is 9.98. The molecule has 0 aliphatic carbocycles. The van der Waals surface area contributed by atoms with E-state index in [9.17, 15) is 0 Å². The highest BCUT2D eigenvalue weighted by Crippen LogP contribution is 2.29. The van der Waals surface area contributed by atoms with Crippen molar-refractivity contribution in [1.82, 2.24) is 0 Å². The molecule has 1 aliphatic rings. The Morgan fingerprint density at radius 1 is 1.00 bits per heavy atom. The highest BCUT2D eigenvalue weighted by molar-refractivity contribution is 5.79. The summed E-state index contributed by atoms with van der Waals surface area (Å²) in [5.41, 5.74) is 5.82. The molecule has 2 heteroatoms. The van der Waals surface area contributed by atoms with Gasteiger partial charge in [0.2, 0.25) is 0 Å². The summed E-state index contributed by atoms with van der Waals surface area (Å²) >= 11 is 0. The molecule has 0 bridgehead atoms. The maximum absolute atomic E-state index is 4.54. The summed E-state index contributed by atoms with van der Waals surface area (Å²) in [6.07, 6.45) is 4.76. The summed E-state index contributed by atoms with van der Waals surface area (Å²) in [4.78, 5) is 4.54. The van der Waals surface area contributed by atoms with Gasteiger partial charge in [-0.3, -0.25) is 4.58 Å². The average Bonchev–Trinajstić information content (AvgIpc) is 2.49. The lowest BCUT2D eigenvalue weighted by Gasteiger charge is -2.19. The number of benzene rings is 2. The molecule has 2 aromatic carbocycles. The Bertz CT molecular complexity index is 739. The molecule has 0 aromatic heterocycles. The van der Waals surface area contributed by atoms with Crippen molar-refractivity contribution in [1.29, 1.82) is 0 Å². The number of aliphatic imine (C=N–C) groups is 1. The molecule has 21 heavy (non-hydrogen) atoms. The predicted molar refractivity (Wildman–Crippen MR) is 88.6 cm³/mol. The summed E-state index contributed by atoms with van der Waals surface area (Å²) in [5.74, 6) is 0. The van der Waals surface area contributed by atoms with Gasteiger partial charge in [0.05, 0.1) is 6.21 Å². The van der Waals surface area contributed by atoms with Gasteiger partial charge in [0, 0.05) is 12.9 Å². The summed E-state index contributed by atoms with van der Waals surface area (Å²) < 4.78 is 1.84. The smallest absolute Gasteiger partial charge is 0.262 e. The second-order valence-electron chi connectivity index (χ2n) is 5.32. The summed E-state index contributed by atoms with van der Waals surface area (Å²) in [7, 11) is 0. The molecular formula is C19H18N2. The first-order chi connectivity index (χ1) is 10.1. The normalized spacial score (nSPS) is 14.3. The minimum absolute atomic E-state index is 0.885. The highest BCUT2D eigenvalue weighted by Gasteiger charge is 2.20. The Balaban J connectivity index is 2.04. The van der Waals surface area contributed by atoms with Gasteiger partial charge in [0.15, 0.2) is 0 Å². The van der Waals surface area contributed by atoms with Gasteiger partial charge in [0.25, 0.3) is 6.17 Å². The Hall–Kier alpha value is -2.61. The van der Waals surface area contributed by atoms with Gasteiger partial charge in [-0.2, -0.15) is 0 Å². The van der Waals surface area contributed by atoms with E-state index in [0.717, 1.165) is 17.3 Å². The van der Waals surface area contributed by atoms with Crippen molar-refractivity contribution in [2.75, 3.05) is 0 Å². The summed E-state index contributed by atoms with van der Waals surface area (Å²) in [6, 6.07) is 16.9. The monoisotopic (exact) mass is 274 g/mol. The minimum Gasteiger partial charge on any atom is -0.290 e. The number of rotatable bonds is 2. The zero-order valence-electron chi connectivity index (χ0n) is 12.4. The highest BCUT2D eigenvalue weighted by atomic mass is 15.1. The van der Waals surface area contributed by atoms with E-state index < -0.39 is 0 Å². The minimum atomic E-state index is 0.885. The average molecular weight is 274 g/mol. The van der Waals surface area contributed by atoms with Gasteiger partial charge in [0.1, 0.15) is 0 Å². The van der Waals surface area contributed by atoms with Crippen molar-refractivity contribution in [3.05, 3.63) is 77.6 Å². The van der Waals surface area contributed by atoms with E-state index in [1.165, 1.54) is 16.7 Å². The van der Waals surface area contributed by atoms with E-state index in [0.29, 0.717) is 0 Å². The van der Waals surface area contributed by atoms with Crippen molar-refractivity contribution in [2.24, 2.45) is 4.99 Å². The van der Waals surface area contributed by atoms with Crippen LogP contribution in [0.2, 0.25) is 0 Å². The summed E-state index contributed by atoms with van der Waals surface area (Å²) in [5, 5.41) is 0. The van der Waals surface area contributed by atoms with Gasteiger partial charge < -0.3 is 0 Å². The molecule has 0 unspecified atom stereocenters. The van der Waals surface area contributed by atoms with Crippen LogP contribution in [0, 0.1) is 13.1 Å². The predicted octanol–water partition coefficient (Wildman–Crippen LogP) is 4.20. The van der Waals surface area contributed by atoms with Gasteiger partial charge in [-0.15, -0.1) is 4.99 Å². The molecule has 3 rings (SSSR count). The molecule has 0 fully saturated rings. The first-order valence-corrected chi connectivity index (χ1v) is 7.01. The quantitative estimate of drug-likeness (QED) is 0.576. The largest absolute Gasteiger partial charge is 0.290 e. The van der Waals surface area contributed by atoms with Crippen LogP contribution in [-0.4, -0.2) is 17.5 Å². The second kappa shape index (κ2) is 5.41. The maximum atomic E-state index is 4.54. The van der Waals surface area contributed by atoms with Gasteiger partial charge in [-0.1, -0.05) is 61.0 Å². The van der Waals surface area contributed by atoms with Crippen LogP contribution in [0.3, 0.4) is 0 Å². The van der Waals surface area contributed by atoms with Crippen LogP contribution in [0.1, 0.15) is 18.1 Å². The fraction of sp³-hybridized carbons (Fsp3) is 0.105. The first kappa shape index (κ1) is 13.4. The number of hydrogen-bond acceptors (Lipinski definition) is 1. The first-order valence-electron chi connectivity index (χ1n) is 7.01. The van der Waals surface area contributed by atoms with Crippen LogP contribution in [0.25, 0.3) is 11.1 Å². The van der Waals surface area contributed by atoms with Crippen LogP contribution >= 0.6 is 0 Å². The molecule has 0 N–H and O–H groups in total. The molecule has 0 radical (unpaired) electrons. The van der Waals surface area contributed by atoms with Crippen LogP contribution in [-0.2, 0) is 0 Å². The SMILES string of the molecule is C=[N+]1C=C(C)C=N[C-]1c1cc(-c2ccccc2)ccc1C. The molecule has 104 valence electrons. The maximum Gasteiger partial charge on any atom is 0.262 e. The standard InChI is InChI=1S/C19H18N2/c1-14-12-20-19(21(3)13-14)18-11-17(10-9-15(18)2)16-7-5-4-6-8-16/h4-13H,3H2,1-2H3. The van der Waals surface area contributed by atoms with E-state index in [1.807, 2.05) is 30.0 Å². The fourth-order valence-corrected chi connectivity index (χ4v) is 2.47. The Morgan fingerprint density at radius 2 is 1.76 bits per heavy atom. The molecule has 0 saturated heterocycles. The molecule has 1 heterocycles. The van der Waals surface area contributed by atoms with Crippen LogP contribution < -0.4 is 0 Å². The number of allylic oxidation sites excluding steroid dienone is 1.